The van der Waals surface area contributed by atoms with Crippen molar-refractivity contribution in [3.8, 4) is 5.75 Å². The first-order valence-electron chi connectivity index (χ1n) is 6.83. The maximum absolute atomic E-state index is 5.73. The van der Waals surface area contributed by atoms with E-state index >= 15 is 0 Å². The smallest absolute Gasteiger partial charge is 0.138 e. The topological polar surface area (TPSA) is 34.2 Å². The predicted octanol–water partition coefficient (Wildman–Crippen LogP) is 2.90. The summed E-state index contributed by atoms with van der Waals surface area (Å²) in [5.41, 5.74) is 1.54. The van der Waals surface area contributed by atoms with Crippen molar-refractivity contribution >= 4 is 0 Å². The van der Waals surface area contributed by atoms with Gasteiger partial charge < -0.3 is 10.1 Å². The highest BCUT2D eigenvalue weighted by Gasteiger charge is 2.36. The van der Waals surface area contributed by atoms with Crippen LogP contribution in [-0.2, 0) is 5.41 Å². The Morgan fingerprint density at radius 3 is 2.83 bits per heavy atom. The van der Waals surface area contributed by atoms with Crippen molar-refractivity contribution < 1.29 is 4.74 Å². The Labute approximate surface area is 110 Å². The Bertz CT molecular complexity index is 405. The lowest BCUT2D eigenvalue weighted by Crippen LogP contribution is -2.25. The molecule has 3 heteroatoms. The average Bonchev–Trinajstić information content (AvgIpc) is 2.72. The first-order valence-corrected chi connectivity index (χ1v) is 6.83. The van der Waals surface area contributed by atoms with Gasteiger partial charge in [-0.3, -0.25) is 4.98 Å². The normalized spacial score (nSPS) is 27.7. The van der Waals surface area contributed by atoms with Crippen molar-refractivity contribution in [3.63, 3.8) is 0 Å². The van der Waals surface area contributed by atoms with Gasteiger partial charge in [-0.2, -0.15) is 0 Å². The molecule has 0 amide bonds. The lowest BCUT2D eigenvalue weighted by atomic mass is 9.81. The monoisotopic (exact) mass is 248 g/mol. The van der Waals surface area contributed by atoms with Gasteiger partial charge in [0.15, 0.2) is 0 Å². The van der Waals surface area contributed by atoms with Crippen molar-refractivity contribution in [2.75, 3.05) is 7.05 Å². The molecule has 2 atom stereocenters. The van der Waals surface area contributed by atoms with Crippen LogP contribution in [0.5, 0.6) is 5.75 Å². The minimum atomic E-state index is 0.198. The standard InChI is InChI=1S/C15H24N2O/c1-11(2)18-14-7-12(9-17-10-14)15(3)6-5-13(8-15)16-4/h7,9-11,13,16H,5-6,8H2,1-4H3. The molecular weight excluding hydrogens is 224 g/mol. The largest absolute Gasteiger partial charge is 0.489 e. The second-order valence-electron chi connectivity index (χ2n) is 5.86. The number of nitrogens with zero attached hydrogens (tertiary/aromatic N) is 1. The molecule has 0 bridgehead atoms. The van der Waals surface area contributed by atoms with Crippen LogP contribution in [0.15, 0.2) is 18.5 Å². The van der Waals surface area contributed by atoms with Crippen LogP contribution in [0, 0.1) is 0 Å². The van der Waals surface area contributed by atoms with Crippen LogP contribution in [0.3, 0.4) is 0 Å². The molecule has 2 rings (SSSR count). The van der Waals surface area contributed by atoms with Crippen LogP contribution in [0.4, 0.5) is 0 Å². The summed E-state index contributed by atoms with van der Waals surface area (Å²) in [6.07, 6.45) is 7.62. The van der Waals surface area contributed by atoms with E-state index < -0.39 is 0 Å². The minimum absolute atomic E-state index is 0.198. The fraction of sp³-hybridized carbons (Fsp3) is 0.667. The minimum Gasteiger partial charge on any atom is -0.489 e. The lowest BCUT2D eigenvalue weighted by Gasteiger charge is -2.25. The highest BCUT2D eigenvalue weighted by molar-refractivity contribution is 5.31. The third-order valence-electron chi connectivity index (χ3n) is 3.93. The molecule has 1 saturated carbocycles. The average molecular weight is 248 g/mol. The van der Waals surface area contributed by atoms with Crippen LogP contribution >= 0.6 is 0 Å². The third kappa shape index (κ3) is 2.83. The zero-order valence-corrected chi connectivity index (χ0v) is 11.9. The molecule has 18 heavy (non-hydrogen) atoms. The Morgan fingerprint density at radius 2 is 2.22 bits per heavy atom. The van der Waals surface area contributed by atoms with E-state index in [1.165, 1.54) is 24.8 Å². The van der Waals surface area contributed by atoms with Crippen molar-refractivity contribution in [1.82, 2.24) is 10.3 Å². The summed E-state index contributed by atoms with van der Waals surface area (Å²) in [5, 5.41) is 3.38. The molecule has 0 spiro atoms. The Hall–Kier alpha value is -1.09. The fourth-order valence-corrected chi connectivity index (χ4v) is 2.83. The van der Waals surface area contributed by atoms with E-state index in [0.717, 1.165) is 5.75 Å². The van der Waals surface area contributed by atoms with E-state index in [2.05, 4.69) is 23.3 Å². The summed E-state index contributed by atoms with van der Waals surface area (Å²) < 4.78 is 5.73. The number of ether oxygens (including phenoxy) is 1. The van der Waals surface area contributed by atoms with E-state index in [4.69, 9.17) is 4.74 Å². The first-order chi connectivity index (χ1) is 8.53. The molecule has 1 aliphatic rings. The van der Waals surface area contributed by atoms with Crippen LogP contribution in [0.2, 0.25) is 0 Å². The molecule has 1 aliphatic carbocycles. The van der Waals surface area contributed by atoms with Gasteiger partial charge in [0.25, 0.3) is 0 Å². The van der Waals surface area contributed by atoms with Gasteiger partial charge in [0.05, 0.1) is 12.3 Å². The fourth-order valence-electron chi connectivity index (χ4n) is 2.83. The van der Waals surface area contributed by atoms with Gasteiger partial charge in [-0.15, -0.1) is 0 Å². The zero-order valence-electron chi connectivity index (χ0n) is 11.9. The summed E-state index contributed by atoms with van der Waals surface area (Å²) in [4.78, 5) is 4.33. The van der Waals surface area contributed by atoms with Gasteiger partial charge in [-0.05, 0) is 57.2 Å². The van der Waals surface area contributed by atoms with Crippen LogP contribution < -0.4 is 10.1 Å². The summed E-state index contributed by atoms with van der Waals surface area (Å²) in [6.45, 7) is 6.42. The van der Waals surface area contributed by atoms with Crippen LogP contribution in [-0.4, -0.2) is 24.2 Å². The molecule has 1 N–H and O–H groups in total. The number of nitrogens with one attached hydrogen (secondary N) is 1. The summed E-state index contributed by atoms with van der Waals surface area (Å²) in [5.74, 6) is 0.886. The second kappa shape index (κ2) is 5.27. The van der Waals surface area contributed by atoms with Crippen molar-refractivity contribution in [2.24, 2.45) is 0 Å². The van der Waals surface area contributed by atoms with Crippen LogP contribution in [0.25, 0.3) is 0 Å². The van der Waals surface area contributed by atoms with E-state index in [9.17, 15) is 0 Å². The molecule has 100 valence electrons. The van der Waals surface area contributed by atoms with Gasteiger partial charge in [0.2, 0.25) is 0 Å². The van der Waals surface area contributed by atoms with Gasteiger partial charge in [-0.25, -0.2) is 0 Å². The number of hydrogen-bond donors (Lipinski definition) is 1. The third-order valence-corrected chi connectivity index (χ3v) is 3.93. The molecule has 1 aromatic rings. The van der Waals surface area contributed by atoms with Gasteiger partial charge in [0.1, 0.15) is 5.75 Å². The first kappa shape index (κ1) is 13.3. The maximum Gasteiger partial charge on any atom is 0.138 e. The van der Waals surface area contributed by atoms with Crippen LogP contribution in [0.1, 0.15) is 45.6 Å². The summed E-state index contributed by atoms with van der Waals surface area (Å²) in [6, 6.07) is 2.79. The van der Waals surface area contributed by atoms with Gasteiger partial charge >= 0.3 is 0 Å². The lowest BCUT2D eigenvalue weighted by molar-refractivity contribution is 0.240. The molecule has 0 saturated heterocycles. The molecule has 3 nitrogen and oxygen atoms in total. The van der Waals surface area contributed by atoms with E-state index in [1.54, 1.807) is 6.20 Å². The molecule has 2 unspecified atom stereocenters. The number of hydrogen-bond acceptors (Lipinski definition) is 3. The highest BCUT2D eigenvalue weighted by Crippen LogP contribution is 2.41. The Morgan fingerprint density at radius 1 is 1.44 bits per heavy atom. The maximum atomic E-state index is 5.73. The Balaban J connectivity index is 2.18. The van der Waals surface area contributed by atoms with Gasteiger partial charge in [0, 0.05) is 12.2 Å². The molecule has 0 radical (unpaired) electrons. The zero-order chi connectivity index (χ0) is 13.2. The molecule has 1 fully saturated rings. The Kier molecular flexibility index (Phi) is 3.91. The van der Waals surface area contributed by atoms with Gasteiger partial charge in [-0.1, -0.05) is 6.92 Å². The number of aromatic nitrogens is 1. The highest BCUT2D eigenvalue weighted by atomic mass is 16.5. The van der Waals surface area contributed by atoms with E-state index in [1.807, 2.05) is 27.1 Å². The van der Waals surface area contributed by atoms with E-state index in [0.29, 0.717) is 6.04 Å². The molecule has 0 aliphatic heterocycles. The predicted molar refractivity (Wildman–Crippen MR) is 74.1 cm³/mol. The molecule has 1 heterocycles. The summed E-state index contributed by atoms with van der Waals surface area (Å²) >= 11 is 0. The number of rotatable bonds is 4. The molecule has 0 aromatic carbocycles. The summed E-state index contributed by atoms with van der Waals surface area (Å²) in [7, 11) is 2.05. The molecule has 1 aromatic heterocycles. The quantitative estimate of drug-likeness (QED) is 0.889. The number of pyridine rings is 1. The van der Waals surface area contributed by atoms with Crippen molar-refractivity contribution in [2.45, 2.75) is 57.6 Å². The SMILES string of the molecule is CNC1CCC(C)(c2cncc(OC(C)C)c2)C1. The second-order valence-corrected chi connectivity index (χ2v) is 5.86. The van der Waals surface area contributed by atoms with Crippen molar-refractivity contribution in [1.29, 1.82) is 0 Å². The molecular formula is C15H24N2O. The van der Waals surface area contributed by atoms with Crippen molar-refractivity contribution in [3.05, 3.63) is 24.0 Å². The van der Waals surface area contributed by atoms with E-state index in [-0.39, 0.29) is 11.5 Å².